The van der Waals surface area contributed by atoms with Crippen LogP contribution in [0.2, 0.25) is 0 Å². The third kappa shape index (κ3) is 33.0. The number of carbonyl (C=O) groups excluding carboxylic acids is 1. The van der Waals surface area contributed by atoms with Gasteiger partial charge < -0.3 is 65.1 Å². The molecular formula is C61H115NO13. The fourth-order valence-electron chi connectivity index (χ4n) is 10.3. The average Bonchev–Trinajstić information content (AvgIpc) is 3.41. The van der Waals surface area contributed by atoms with Gasteiger partial charge in [-0.05, 0) is 44.9 Å². The van der Waals surface area contributed by atoms with E-state index in [1.807, 2.05) is 6.08 Å². The van der Waals surface area contributed by atoms with E-state index in [1.165, 1.54) is 180 Å². The Morgan fingerprint density at radius 1 is 0.467 bits per heavy atom. The zero-order valence-electron chi connectivity index (χ0n) is 47.6. The standard InChI is InChI=1S/C61H115NO13/c1-3-5-7-9-11-13-15-17-19-21-22-23-24-25-26-27-28-29-30-32-34-36-38-40-42-44-50(65)49(62-53(66)45-43-41-39-37-35-33-31-20-18-16-14-12-10-8-6-4-2)48-72-60-58(71)56(69)59(52(47-64)74-60)75-61-57(70)55(68)54(67)51(46-63)73-61/h20,31,42,44,49-52,54-61,63-65,67-71H,3-19,21-30,32-41,43,45-48H2,1-2H3,(H,62,66)/b31-20-,44-42+. The summed E-state index contributed by atoms with van der Waals surface area (Å²) in [4.78, 5) is 13.2. The zero-order chi connectivity index (χ0) is 54.6. The number of rotatable bonds is 50. The quantitative estimate of drug-likeness (QED) is 0.0204. The molecule has 2 aliphatic heterocycles. The van der Waals surface area contributed by atoms with Crippen LogP contribution in [-0.2, 0) is 23.7 Å². The molecule has 0 aromatic heterocycles. The molecule has 9 N–H and O–H groups in total. The van der Waals surface area contributed by atoms with E-state index in [2.05, 4.69) is 31.3 Å². The van der Waals surface area contributed by atoms with Crippen molar-refractivity contribution in [2.24, 2.45) is 0 Å². The number of carbonyl (C=O) groups is 1. The lowest BCUT2D eigenvalue weighted by atomic mass is 9.97. The highest BCUT2D eigenvalue weighted by atomic mass is 16.7. The van der Waals surface area contributed by atoms with E-state index in [9.17, 15) is 45.6 Å². The Bertz CT molecular complexity index is 1350. The first-order valence-corrected chi connectivity index (χ1v) is 31.1. The fraction of sp³-hybridized carbons (Fsp3) is 0.918. The second kappa shape index (κ2) is 47.3. The van der Waals surface area contributed by atoms with Gasteiger partial charge in [0.2, 0.25) is 5.91 Å². The summed E-state index contributed by atoms with van der Waals surface area (Å²) in [7, 11) is 0. The van der Waals surface area contributed by atoms with Crippen LogP contribution in [0.3, 0.4) is 0 Å². The number of unbranched alkanes of at least 4 members (excludes halogenated alkanes) is 35. The Hall–Kier alpha value is -1.53. The number of allylic oxidation sites excluding steroid dienone is 3. The van der Waals surface area contributed by atoms with Crippen molar-refractivity contribution < 1.29 is 64.6 Å². The van der Waals surface area contributed by atoms with E-state index < -0.39 is 86.8 Å². The van der Waals surface area contributed by atoms with Gasteiger partial charge in [0.1, 0.15) is 48.8 Å². The molecule has 0 bridgehead atoms. The summed E-state index contributed by atoms with van der Waals surface area (Å²) in [6, 6.07) is -0.917. The second-order valence-corrected chi connectivity index (χ2v) is 22.2. The first-order chi connectivity index (χ1) is 36.6. The first-order valence-electron chi connectivity index (χ1n) is 31.1. The molecule has 12 atom stereocenters. The molecule has 0 spiro atoms. The van der Waals surface area contributed by atoms with Crippen LogP contribution in [0.25, 0.3) is 0 Å². The lowest BCUT2D eigenvalue weighted by Crippen LogP contribution is -2.65. The number of hydrogen-bond donors (Lipinski definition) is 9. The summed E-state index contributed by atoms with van der Waals surface area (Å²) in [5, 5.41) is 87.1. The molecule has 2 rings (SSSR count). The molecule has 0 radical (unpaired) electrons. The molecule has 2 heterocycles. The molecule has 2 aliphatic rings. The molecule has 75 heavy (non-hydrogen) atoms. The molecule has 14 nitrogen and oxygen atoms in total. The topological polar surface area (TPSA) is 228 Å². The molecule has 0 saturated carbocycles. The summed E-state index contributed by atoms with van der Waals surface area (Å²) in [6.07, 6.45) is 39.3. The van der Waals surface area contributed by atoms with Crippen LogP contribution in [0.5, 0.6) is 0 Å². The van der Waals surface area contributed by atoms with Crippen molar-refractivity contribution >= 4 is 5.91 Å². The third-order valence-corrected chi connectivity index (χ3v) is 15.4. The summed E-state index contributed by atoms with van der Waals surface area (Å²) in [6.45, 7) is 2.82. The molecule has 12 unspecified atom stereocenters. The van der Waals surface area contributed by atoms with Crippen molar-refractivity contribution in [3.63, 3.8) is 0 Å². The molecule has 0 aliphatic carbocycles. The minimum atomic E-state index is -1.79. The largest absolute Gasteiger partial charge is 0.394 e. The molecule has 2 saturated heterocycles. The van der Waals surface area contributed by atoms with Gasteiger partial charge in [-0.2, -0.15) is 0 Å². The second-order valence-electron chi connectivity index (χ2n) is 22.2. The van der Waals surface area contributed by atoms with Crippen molar-refractivity contribution in [2.75, 3.05) is 19.8 Å². The molecular weight excluding hydrogens is 955 g/mol. The van der Waals surface area contributed by atoms with Crippen LogP contribution in [0.1, 0.15) is 264 Å². The Morgan fingerprint density at radius 2 is 0.840 bits per heavy atom. The Morgan fingerprint density at radius 3 is 1.27 bits per heavy atom. The van der Waals surface area contributed by atoms with Crippen molar-refractivity contribution in [1.29, 1.82) is 0 Å². The number of aliphatic hydroxyl groups excluding tert-OH is 8. The molecule has 0 aromatic rings. The van der Waals surface area contributed by atoms with E-state index in [0.717, 1.165) is 57.8 Å². The average molecular weight is 1070 g/mol. The molecule has 442 valence electrons. The van der Waals surface area contributed by atoms with Gasteiger partial charge in [0.15, 0.2) is 12.6 Å². The fourth-order valence-corrected chi connectivity index (χ4v) is 10.3. The van der Waals surface area contributed by atoms with E-state index in [1.54, 1.807) is 6.08 Å². The van der Waals surface area contributed by atoms with E-state index in [-0.39, 0.29) is 18.9 Å². The van der Waals surface area contributed by atoms with Crippen LogP contribution in [0.4, 0.5) is 0 Å². The van der Waals surface area contributed by atoms with Gasteiger partial charge >= 0.3 is 0 Å². The highest BCUT2D eigenvalue weighted by molar-refractivity contribution is 5.76. The summed E-state index contributed by atoms with van der Waals surface area (Å²) in [5.41, 5.74) is 0. The number of nitrogens with one attached hydrogen (secondary N) is 1. The number of amides is 1. The lowest BCUT2D eigenvalue weighted by Gasteiger charge is -2.46. The molecule has 0 aromatic carbocycles. The minimum absolute atomic E-state index is 0.245. The third-order valence-electron chi connectivity index (χ3n) is 15.4. The molecule has 14 heteroatoms. The SMILES string of the molecule is CCCCCCCCC/C=C\CCCCCCCC(=O)NC(COC1OC(CO)C(OC2OC(CO)C(O)C(O)C2O)C(O)C1O)C(O)/C=C/CCCCCCCCCCCCCCCCCCCCCCCCC. The smallest absolute Gasteiger partial charge is 0.220 e. The summed E-state index contributed by atoms with van der Waals surface area (Å²) in [5.74, 6) is -0.245. The van der Waals surface area contributed by atoms with E-state index in [0.29, 0.717) is 6.42 Å². The van der Waals surface area contributed by atoms with E-state index >= 15 is 0 Å². The van der Waals surface area contributed by atoms with Gasteiger partial charge in [0.25, 0.3) is 0 Å². The maximum Gasteiger partial charge on any atom is 0.220 e. The summed E-state index contributed by atoms with van der Waals surface area (Å²) >= 11 is 0. The number of aliphatic hydroxyl groups is 8. The normalized spacial score (nSPS) is 25.1. The van der Waals surface area contributed by atoms with Crippen molar-refractivity contribution in [2.45, 2.75) is 338 Å². The van der Waals surface area contributed by atoms with E-state index in [4.69, 9.17) is 18.9 Å². The van der Waals surface area contributed by atoms with Gasteiger partial charge in [-0.15, -0.1) is 0 Å². The monoisotopic (exact) mass is 1070 g/mol. The van der Waals surface area contributed by atoms with Gasteiger partial charge in [-0.3, -0.25) is 4.79 Å². The van der Waals surface area contributed by atoms with Crippen LogP contribution >= 0.6 is 0 Å². The molecule has 2 fully saturated rings. The Balaban J connectivity index is 1.74. The van der Waals surface area contributed by atoms with Crippen LogP contribution in [0.15, 0.2) is 24.3 Å². The Kier molecular flexibility index (Phi) is 43.9. The van der Waals surface area contributed by atoms with Crippen molar-refractivity contribution in [1.82, 2.24) is 5.32 Å². The maximum atomic E-state index is 13.2. The van der Waals surface area contributed by atoms with Crippen LogP contribution < -0.4 is 5.32 Å². The Labute approximate surface area is 456 Å². The van der Waals surface area contributed by atoms with Crippen molar-refractivity contribution in [3.05, 3.63) is 24.3 Å². The minimum Gasteiger partial charge on any atom is -0.394 e. The highest BCUT2D eigenvalue weighted by Gasteiger charge is 2.51. The van der Waals surface area contributed by atoms with Gasteiger partial charge in [-0.25, -0.2) is 0 Å². The predicted octanol–water partition coefficient (Wildman–Crippen LogP) is 10.8. The first kappa shape index (κ1) is 69.6. The van der Waals surface area contributed by atoms with Gasteiger partial charge in [0, 0.05) is 6.42 Å². The number of hydrogen-bond acceptors (Lipinski definition) is 13. The molecule has 1 amide bonds. The van der Waals surface area contributed by atoms with Crippen LogP contribution in [0, 0.1) is 0 Å². The van der Waals surface area contributed by atoms with Crippen molar-refractivity contribution in [3.8, 4) is 0 Å². The maximum absolute atomic E-state index is 13.2. The van der Waals surface area contributed by atoms with Crippen LogP contribution in [-0.4, -0.2) is 140 Å². The lowest BCUT2D eigenvalue weighted by molar-refractivity contribution is -0.359. The van der Waals surface area contributed by atoms with Gasteiger partial charge in [-0.1, -0.05) is 237 Å². The van der Waals surface area contributed by atoms with Gasteiger partial charge in [0.05, 0.1) is 32.0 Å². The zero-order valence-corrected chi connectivity index (χ0v) is 47.6. The highest BCUT2D eigenvalue weighted by Crippen LogP contribution is 2.30. The number of ether oxygens (including phenoxy) is 4. The summed E-state index contributed by atoms with van der Waals surface area (Å²) < 4.78 is 22.8. The predicted molar refractivity (Wildman–Crippen MR) is 300 cm³/mol.